The SMILES string of the molecule is Cc1cccc(NC(=O)c2c(NC(=O)CCl)sc3c2CCCC3)c1. The fraction of sp³-hybridized carbons (Fsp3) is 0.333. The summed E-state index contributed by atoms with van der Waals surface area (Å²) in [6.07, 6.45) is 4.02. The summed E-state index contributed by atoms with van der Waals surface area (Å²) in [5.74, 6) is -0.591. The number of hydrogen-bond donors (Lipinski definition) is 2. The van der Waals surface area contributed by atoms with E-state index in [9.17, 15) is 9.59 Å². The van der Waals surface area contributed by atoms with Gasteiger partial charge in [-0.05, 0) is 55.9 Å². The largest absolute Gasteiger partial charge is 0.322 e. The molecule has 0 saturated heterocycles. The van der Waals surface area contributed by atoms with Crippen molar-refractivity contribution in [3.63, 3.8) is 0 Å². The topological polar surface area (TPSA) is 58.2 Å². The van der Waals surface area contributed by atoms with Gasteiger partial charge in [-0.2, -0.15) is 0 Å². The highest BCUT2D eigenvalue weighted by molar-refractivity contribution is 7.17. The third kappa shape index (κ3) is 3.62. The molecule has 1 aliphatic rings. The zero-order valence-electron chi connectivity index (χ0n) is 13.4. The van der Waals surface area contributed by atoms with Gasteiger partial charge < -0.3 is 10.6 Å². The highest BCUT2D eigenvalue weighted by Gasteiger charge is 2.26. The van der Waals surface area contributed by atoms with E-state index in [2.05, 4.69) is 10.6 Å². The van der Waals surface area contributed by atoms with Crippen LogP contribution in [0.15, 0.2) is 24.3 Å². The minimum atomic E-state index is -0.292. The lowest BCUT2D eigenvalue weighted by atomic mass is 9.95. The normalized spacial score (nSPS) is 13.2. The molecule has 1 heterocycles. The molecular formula is C18H19ClN2O2S. The first-order valence-corrected chi connectivity index (χ1v) is 9.32. The molecule has 126 valence electrons. The average Bonchev–Trinajstić information content (AvgIpc) is 2.92. The monoisotopic (exact) mass is 362 g/mol. The summed E-state index contributed by atoms with van der Waals surface area (Å²) in [5.41, 5.74) is 3.50. The molecule has 24 heavy (non-hydrogen) atoms. The Labute approximate surface area is 150 Å². The van der Waals surface area contributed by atoms with Gasteiger partial charge in [-0.15, -0.1) is 22.9 Å². The van der Waals surface area contributed by atoms with Crippen LogP contribution in [-0.4, -0.2) is 17.7 Å². The summed E-state index contributed by atoms with van der Waals surface area (Å²) in [6.45, 7) is 1.98. The van der Waals surface area contributed by atoms with E-state index in [1.165, 1.54) is 16.2 Å². The number of nitrogens with one attached hydrogen (secondary N) is 2. The van der Waals surface area contributed by atoms with Gasteiger partial charge in [0.15, 0.2) is 0 Å². The van der Waals surface area contributed by atoms with Crippen LogP contribution >= 0.6 is 22.9 Å². The van der Waals surface area contributed by atoms with Crippen molar-refractivity contribution >= 4 is 45.4 Å². The van der Waals surface area contributed by atoms with Crippen molar-refractivity contribution in [3.05, 3.63) is 45.8 Å². The smallest absolute Gasteiger partial charge is 0.258 e. The van der Waals surface area contributed by atoms with E-state index in [0.29, 0.717) is 10.6 Å². The van der Waals surface area contributed by atoms with E-state index in [0.717, 1.165) is 42.5 Å². The van der Waals surface area contributed by atoms with Crippen molar-refractivity contribution in [2.75, 3.05) is 16.5 Å². The molecule has 0 atom stereocenters. The zero-order valence-corrected chi connectivity index (χ0v) is 15.0. The highest BCUT2D eigenvalue weighted by atomic mass is 35.5. The van der Waals surface area contributed by atoms with E-state index in [1.54, 1.807) is 0 Å². The fourth-order valence-electron chi connectivity index (χ4n) is 2.97. The molecule has 2 aromatic rings. The number of aryl methyl sites for hydroxylation is 2. The predicted molar refractivity (Wildman–Crippen MR) is 99.4 cm³/mol. The lowest BCUT2D eigenvalue weighted by molar-refractivity contribution is -0.113. The van der Waals surface area contributed by atoms with Crippen molar-refractivity contribution in [2.24, 2.45) is 0 Å². The molecule has 0 bridgehead atoms. The summed E-state index contributed by atoms with van der Waals surface area (Å²) < 4.78 is 0. The van der Waals surface area contributed by atoms with Gasteiger partial charge >= 0.3 is 0 Å². The molecule has 0 spiro atoms. The molecular weight excluding hydrogens is 344 g/mol. The molecule has 2 amide bonds. The summed E-state index contributed by atoms with van der Waals surface area (Å²) >= 11 is 7.10. The maximum absolute atomic E-state index is 12.9. The van der Waals surface area contributed by atoms with Crippen molar-refractivity contribution < 1.29 is 9.59 Å². The second kappa shape index (κ2) is 7.36. The number of hydrogen-bond acceptors (Lipinski definition) is 3. The second-order valence-electron chi connectivity index (χ2n) is 5.92. The minimum Gasteiger partial charge on any atom is -0.322 e. The van der Waals surface area contributed by atoms with Gasteiger partial charge in [0.1, 0.15) is 10.9 Å². The maximum Gasteiger partial charge on any atom is 0.258 e. The van der Waals surface area contributed by atoms with E-state index >= 15 is 0 Å². The molecule has 0 unspecified atom stereocenters. The molecule has 6 heteroatoms. The Morgan fingerprint density at radius 2 is 2.00 bits per heavy atom. The number of carbonyl (C=O) groups excluding carboxylic acids is 2. The van der Waals surface area contributed by atoms with Gasteiger partial charge in [0.25, 0.3) is 5.91 Å². The molecule has 0 fully saturated rings. The number of rotatable bonds is 4. The minimum absolute atomic E-state index is 0.124. The number of amides is 2. The van der Waals surface area contributed by atoms with Gasteiger partial charge in [0.05, 0.1) is 5.56 Å². The lowest BCUT2D eigenvalue weighted by Gasteiger charge is -2.13. The van der Waals surface area contributed by atoms with E-state index in [-0.39, 0.29) is 17.7 Å². The van der Waals surface area contributed by atoms with E-state index in [4.69, 9.17) is 11.6 Å². The molecule has 0 saturated carbocycles. The maximum atomic E-state index is 12.9. The van der Waals surface area contributed by atoms with Crippen molar-refractivity contribution in [3.8, 4) is 0 Å². The Bertz CT molecular complexity index is 785. The summed E-state index contributed by atoms with van der Waals surface area (Å²) in [5, 5.41) is 6.34. The highest BCUT2D eigenvalue weighted by Crippen LogP contribution is 2.38. The first kappa shape index (κ1) is 17.0. The molecule has 3 rings (SSSR count). The van der Waals surface area contributed by atoms with Crippen molar-refractivity contribution in [1.82, 2.24) is 0 Å². The molecule has 1 aromatic carbocycles. The van der Waals surface area contributed by atoms with Crippen LogP contribution in [-0.2, 0) is 17.6 Å². The van der Waals surface area contributed by atoms with Crippen LogP contribution in [0, 0.1) is 6.92 Å². The van der Waals surface area contributed by atoms with Crippen LogP contribution in [0.3, 0.4) is 0 Å². The van der Waals surface area contributed by atoms with E-state index < -0.39 is 0 Å². The van der Waals surface area contributed by atoms with Crippen LogP contribution in [0.2, 0.25) is 0 Å². The lowest BCUT2D eigenvalue weighted by Crippen LogP contribution is -2.19. The number of thiophene rings is 1. The Kier molecular flexibility index (Phi) is 5.21. The first-order valence-electron chi connectivity index (χ1n) is 7.97. The molecule has 0 aliphatic heterocycles. The molecule has 4 nitrogen and oxygen atoms in total. The number of benzene rings is 1. The predicted octanol–water partition coefficient (Wildman–Crippen LogP) is 4.36. The first-order chi connectivity index (χ1) is 11.6. The van der Waals surface area contributed by atoms with Gasteiger partial charge in [0, 0.05) is 10.6 Å². The van der Waals surface area contributed by atoms with E-state index in [1.807, 2.05) is 31.2 Å². The molecule has 1 aromatic heterocycles. The Balaban J connectivity index is 1.93. The fourth-order valence-corrected chi connectivity index (χ4v) is 4.34. The third-order valence-electron chi connectivity index (χ3n) is 4.05. The van der Waals surface area contributed by atoms with Crippen LogP contribution in [0.4, 0.5) is 10.7 Å². The Morgan fingerprint density at radius 3 is 2.75 bits per heavy atom. The van der Waals surface area contributed by atoms with Crippen molar-refractivity contribution in [1.29, 1.82) is 0 Å². The second-order valence-corrected chi connectivity index (χ2v) is 7.29. The van der Waals surface area contributed by atoms with Crippen LogP contribution in [0.1, 0.15) is 39.2 Å². The number of carbonyl (C=O) groups is 2. The van der Waals surface area contributed by atoms with Gasteiger partial charge in [-0.1, -0.05) is 12.1 Å². The molecule has 0 radical (unpaired) electrons. The third-order valence-corrected chi connectivity index (χ3v) is 5.50. The standard InChI is InChI=1S/C18H19ClN2O2S/c1-11-5-4-6-12(9-11)20-17(23)16-13-7-2-3-8-14(13)24-18(16)21-15(22)10-19/h4-6,9H,2-3,7-8,10H2,1H3,(H,20,23)(H,21,22). The van der Waals surface area contributed by atoms with Gasteiger partial charge in [-0.25, -0.2) is 0 Å². The Morgan fingerprint density at radius 1 is 1.21 bits per heavy atom. The van der Waals surface area contributed by atoms with Crippen molar-refractivity contribution in [2.45, 2.75) is 32.6 Å². The van der Waals surface area contributed by atoms with Gasteiger partial charge in [0.2, 0.25) is 5.91 Å². The number of fused-ring (bicyclic) bond motifs is 1. The number of alkyl halides is 1. The number of anilines is 2. The molecule has 2 N–H and O–H groups in total. The summed E-state index contributed by atoms with van der Waals surface area (Å²) in [7, 11) is 0. The van der Waals surface area contributed by atoms with Crippen LogP contribution in [0.25, 0.3) is 0 Å². The number of halogens is 1. The Hall–Kier alpha value is -1.85. The summed E-state index contributed by atoms with van der Waals surface area (Å²) in [6, 6.07) is 7.67. The van der Waals surface area contributed by atoms with Crippen LogP contribution in [0.5, 0.6) is 0 Å². The van der Waals surface area contributed by atoms with Gasteiger partial charge in [-0.3, -0.25) is 9.59 Å². The molecule has 1 aliphatic carbocycles. The van der Waals surface area contributed by atoms with Crippen LogP contribution < -0.4 is 10.6 Å². The quantitative estimate of drug-likeness (QED) is 0.793. The zero-order chi connectivity index (χ0) is 17.1. The average molecular weight is 363 g/mol. The summed E-state index contributed by atoms with van der Waals surface area (Å²) in [4.78, 5) is 25.8.